The molecular formula is C24H31N3O6. The number of nitrogens with zero attached hydrogens (tertiary/aromatic N) is 1. The summed E-state index contributed by atoms with van der Waals surface area (Å²) in [6.45, 7) is 0. The Morgan fingerprint density at radius 3 is 2.52 bits per heavy atom. The van der Waals surface area contributed by atoms with E-state index in [0.717, 1.165) is 23.7 Å². The minimum absolute atomic E-state index is 0.0254. The first-order valence-electron chi connectivity index (χ1n) is 11.2. The summed E-state index contributed by atoms with van der Waals surface area (Å²) in [7, 11) is 4.33. The zero-order valence-corrected chi connectivity index (χ0v) is 19.3. The Morgan fingerprint density at radius 1 is 1.09 bits per heavy atom. The number of benzene rings is 1. The minimum Gasteiger partial charge on any atom is -0.469 e. The van der Waals surface area contributed by atoms with Crippen molar-refractivity contribution in [3.63, 3.8) is 0 Å². The molecule has 3 atom stereocenters. The predicted molar refractivity (Wildman–Crippen MR) is 121 cm³/mol. The average molecular weight is 458 g/mol. The SMILES string of the molecule is COC(=O)CC[C@H](NC(=O)[C@@H]1CCCC[C@@H]1NC(=O)c1cc2ccccc2n1C)C(=O)OC. The molecule has 0 aliphatic heterocycles. The Balaban J connectivity index is 1.70. The number of rotatable bonds is 8. The standard InChI is InChI=1S/C24H31N3O6/c1-27-19-11-7-4-8-15(19)14-20(27)23(30)25-17-10-6-5-9-16(17)22(29)26-18(24(31)33-3)12-13-21(28)32-2/h4,7-8,11,14,16-18H,5-6,9-10,12-13H2,1-3H3,(H,25,30)(H,26,29)/t16-,17+,18+/m1/s1. The van der Waals surface area contributed by atoms with E-state index in [9.17, 15) is 19.2 Å². The van der Waals surface area contributed by atoms with Gasteiger partial charge in [-0.3, -0.25) is 14.4 Å². The topological polar surface area (TPSA) is 116 Å². The monoisotopic (exact) mass is 457 g/mol. The highest BCUT2D eigenvalue weighted by molar-refractivity contribution is 5.99. The van der Waals surface area contributed by atoms with Crippen molar-refractivity contribution in [3.05, 3.63) is 36.0 Å². The number of fused-ring (bicyclic) bond motifs is 1. The molecule has 0 unspecified atom stereocenters. The largest absolute Gasteiger partial charge is 0.469 e. The number of ether oxygens (including phenoxy) is 2. The molecule has 2 N–H and O–H groups in total. The lowest BCUT2D eigenvalue weighted by atomic mass is 9.83. The molecule has 1 saturated carbocycles. The number of esters is 2. The van der Waals surface area contributed by atoms with Gasteiger partial charge in [-0.05, 0) is 31.4 Å². The number of aromatic nitrogens is 1. The number of carbonyl (C=O) groups is 4. The summed E-state index contributed by atoms with van der Waals surface area (Å²) in [5.74, 6) is -2.16. The van der Waals surface area contributed by atoms with E-state index < -0.39 is 23.9 Å². The van der Waals surface area contributed by atoms with Gasteiger partial charge in [-0.2, -0.15) is 0 Å². The first-order chi connectivity index (χ1) is 15.8. The third-order valence-corrected chi connectivity index (χ3v) is 6.27. The molecule has 2 aromatic rings. The highest BCUT2D eigenvalue weighted by Gasteiger charge is 2.35. The highest BCUT2D eigenvalue weighted by Crippen LogP contribution is 2.26. The molecule has 1 fully saturated rings. The van der Waals surface area contributed by atoms with Gasteiger partial charge in [0.05, 0.1) is 20.1 Å². The number of hydrogen-bond acceptors (Lipinski definition) is 6. The average Bonchev–Trinajstić information content (AvgIpc) is 3.17. The van der Waals surface area contributed by atoms with Crippen LogP contribution in [0.3, 0.4) is 0 Å². The first-order valence-corrected chi connectivity index (χ1v) is 11.2. The number of nitrogens with one attached hydrogen (secondary N) is 2. The molecule has 1 aromatic heterocycles. The van der Waals surface area contributed by atoms with Crippen LogP contribution in [-0.4, -0.2) is 54.6 Å². The minimum atomic E-state index is -0.960. The summed E-state index contributed by atoms with van der Waals surface area (Å²) in [6.07, 6.45) is 3.05. The van der Waals surface area contributed by atoms with Crippen molar-refractivity contribution in [1.29, 1.82) is 0 Å². The molecular weight excluding hydrogens is 426 g/mol. The van der Waals surface area contributed by atoms with Crippen LogP contribution in [0, 0.1) is 5.92 Å². The number of para-hydroxylation sites is 1. The van der Waals surface area contributed by atoms with Crippen LogP contribution in [0.2, 0.25) is 0 Å². The van der Waals surface area contributed by atoms with Gasteiger partial charge in [0.1, 0.15) is 11.7 Å². The molecule has 178 valence electrons. The highest BCUT2D eigenvalue weighted by atomic mass is 16.5. The van der Waals surface area contributed by atoms with Crippen LogP contribution in [0.25, 0.3) is 10.9 Å². The second-order valence-corrected chi connectivity index (χ2v) is 8.32. The zero-order valence-electron chi connectivity index (χ0n) is 19.3. The van der Waals surface area contributed by atoms with E-state index in [0.29, 0.717) is 18.5 Å². The molecule has 0 radical (unpaired) electrons. The van der Waals surface area contributed by atoms with Crippen molar-refractivity contribution in [2.45, 2.75) is 50.6 Å². The van der Waals surface area contributed by atoms with Gasteiger partial charge in [-0.15, -0.1) is 0 Å². The summed E-state index contributed by atoms with van der Waals surface area (Å²) in [5.41, 5.74) is 1.47. The second-order valence-electron chi connectivity index (χ2n) is 8.32. The third kappa shape index (κ3) is 5.71. The molecule has 1 heterocycles. The van der Waals surface area contributed by atoms with Gasteiger partial charge in [0.25, 0.3) is 5.91 Å². The Labute approximate surface area is 192 Å². The lowest BCUT2D eigenvalue weighted by Crippen LogP contribution is -2.52. The summed E-state index contributed by atoms with van der Waals surface area (Å²) in [5, 5.41) is 6.72. The summed E-state index contributed by atoms with van der Waals surface area (Å²) >= 11 is 0. The fourth-order valence-electron chi connectivity index (χ4n) is 4.40. The van der Waals surface area contributed by atoms with Gasteiger partial charge in [0.15, 0.2) is 0 Å². The van der Waals surface area contributed by atoms with Crippen LogP contribution in [0.5, 0.6) is 0 Å². The van der Waals surface area contributed by atoms with Gasteiger partial charge in [-0.25, -0.2) is 4.79 Å². The number of hydrogen-bond donors (Lipinski definition) is 2. The quantitative estimate of drug-likeness (QED) is 0.587. The van der Waals surface area contributed by atoms with Crippen LogP contribution >= 0.6 is 0 Å². The lowest BCUT2D eigenvalue weighted by molar-refractivity contribution is -0.147. The van der Waals surface area contributed by atoms with Crippen molar-refractivity contribution in [1.82, 2.24) is 15.2 Å². The van der Waals surface area contributed by atoms with E-state index >= 15 is 0 Å². The molecule has 2 amide bonds. The Kier molecular flexibility index (Phi) is 8.08. The third-order valence-electron chi connectivity index (χ3n) is 6.27. The Morgan fingerprint density at radius 2 is 1.82 bits per heavy atom. The van der Waals surface area contributed by atoms with Gasteiger partial charge >= 0.3 is 11.9 Å². The first kappa shape index (κ1) is 24.3. The second kappa shape index (κ2) is 11.0. The summed E-state index contributed by atoms with van der Waals surface area (Å²) < 4.78 is 11.2. The molecule has 0 bridgehead atoms. The number of carbonyl (C=O) groups excluding carboxylic acids is 4. The van der Waals surface area contributed by atoms with Crippen LogP contribution in [0.15, 0.2) is 30.3 Å². The zero-order chi connectivity index (χ0) is 24.0. The molecule has 1 aromatic carbocycles. The van der Waals surface area contributed by atoms with Gasteiger partial charge < -0.3 is 24.7 Å². The van der Waals surface area contributed by atoms with E-state index in [1.165, 1.54) is 14.2 Å². The fraction of sp³-hybridized carbons (Fsp3) is 0.500. The summed E-state index contributed by atoms with van der Waals surface area (Å²) in [6, 6.07) is 8.26. The molecule has 9 nitrogen and oxygen atoms in total. The van der Waals surface area contributed by atoms with E-state index in [-0.39, 0.29) is 30.7 Å². The lowest BCUT2D eigenvalue weighted by Gasteiger charge is -2.32. The van der Waals surface area contributed by atoms with Gasteiger partial charge in [0, 0.05) is 30.4 Å². The van der Waals surface area contributed by atoms with E-state index in [4.69, 9.17) is 4.74 Å². The van der Waals surface area contributed by atoms with Crippen LogP contribution in [0.1, 0.15) is 49.0 Å². The van der Waals surface area contributed by atoms with E-state index in [2.05, 4.69) is 15.4 Å². The van der Waals surface area contributed by atoms with Crippen molar-refractivity contribution in [3.8, 4) is 0 Å². The normalized spacial score (nSPS) is 18.9. The summed E-state index contributed by atoms with van der Waals surface area (Å²) in [4.78, 5) is 49.8. The fourth-order valence-corrected chi connectivity index (χ4v) is 4.40. The van der Waals surface area contributed by atoms with Crippen molar-refractivity contribution in [2.75, 3.05) is 14.2 Å². The van der Waals surface area contributed by atoms with E-state index in [1.54, 1.807) is 0 Å². The van der Waals surface area contributed by atoms with Crippen molar-refractivity contribution < 1.29 is 28.7 Å². The molecule has 0 spiro atoms. The molecule has 3 rings (SSSR count). The number of methoxy groups -OCH3 is 2. The Bertz CT molecular complexity index is 1030. The van der Waals surface area contributed by atoms with Gasteiger partial charge in [0.2, 0.25) is 5.91 Å². The van der Waals surface area contributed by atoms with E-state index in [1.807, 2.05) is 41.9 Å². The van der Waals surface area contributed by atoms with Crippen LogP contribution < -0.4 is 10.6 Å². The Hall–Kier alpha value is -3.36. The maximum Gasteiger partial charge on any atom is 0.328 e. The van der Waals surface area contributed by atoms with Crippen molar-refractivity contribution >= 4 is 34.7 Å². The molecule has 1 aliphatic carbocycles. The maximum absolute atomic E-state index is 13.1. The smallest absolute Gasteiger partial charge is 0.328 e. The number of aryl methyl sites for hydroxylation is 1. The molecule has 33 heavy (non-hydrogen) atoms. The predicted octanol–water partition coefficient (Wildman–Crippen LogP) is 2.08. The molecule has 9 heteroatoms. The van der Waals surface area contributed by atoms with Crippen LogP contribution in [0.4, 0.5) is 0 Å². The molecule has 1 aliphatic rings. The maximum atomic E-state index is 13.1. The van der Waals surface area contributed by atoms with Crippen molar-refractivity contribution in [2.24, 2.45) is 13.0 Å². The molecule has 0 saturated heterocycles. The van der Waals surface area contributed by atoms with Gasteiger partial charge in [-0.1, -0.05) is 31.0 Å². The number of amides is 2. The van der Waals surface area contributed by atoms with Crippen LogP contribution in [-0.2, 0) is 30.9 Å².